The van der Waals surface area contributed by atoms with E-state index in [2.05, 4.69) is 62.6 Å². The van der Waals surface area contributed by atoms with Crippen molar-refractivity contribution in [3.05, 3.63) is 29.8 Å². The third-order valence-corrected chi connectivity index (χ3v) is 6.33. The number of hydrogen-bond acceptors (Lipinski definition) is 1. The highest BCUT2D eigenvalue weighted by atomic mass is 32.1. The van der Waals surface area contributed by atoms with Gasteiger partial charge in [-0.25, -0.2) is 0 Å². The molecule has 0 bridgehead atoms. The molecule has 2 N–H and O–H groups in total. The zero-order chi connectivity index (χ0) is 18.3. The van der Waals surface area contributed by atoms with E-state index >= 15 is 0 Å². The lowest BCUT2D eigenvalue weighted by molar-refractivity contribution is 0.141. The van der Waals surface area contributed by atoms with Crippen molar-refractivity contribution in [3.8, 4) is 0 Å². The molecule has 2 nitrogen and oxygen atoms in total. The second kappa shape index (κ2) is 9.56. The van der Waals surface area contributed by atoms with Crippen molar-refractivity contribution in [2.45, 2.75) is 85.1 Å². The Labute approximate surface area is 160 Å². The van der Waals surface area contributed by atoms with Gasteiger partial charge in [0.1, 0.15) is 0 Å². The minimum atomic E-state index is 0.475. The fraction of sp³-hybridized carbons (Fsp3) is 0.682. The van der Waals surface area contributed by atoms with Gasteiger partial charge in [-0.05, 0) is 79.8 Å². The summed E-state index contributed by atoms with van der Waals surface area (Å²) in [6.07, 6.45) is 10.0. The van der Waals surface area contributed by atoms with Crippen molar-refractivity contribution in [2.75, 3.05) is 5.32 Å². The number of hydrogen-bond donors (Lipinski definition) is 2. The average Bonchev–Trinajstić information content (AvgIpc) is 2.61. The SMILES string of the molecule is CCCCc1ccc(NC(=S)NC2CCC(C(C)(C)CC)CC2)cc1. The first kappa shape index (κ1) is 20.2. The molecule has 1 aliphatic rings. The van der Waals surface area contributed by atoms with E-state index in [1.54, 1.807) is 0 Å². The van der Waals surface area contributed by atoms with Crippen molar-refractivity contribution in [2.24, 2.45) is 11.3 Å². The minimum absolute atomic E-state index is 0.475. The van der Waals surface area contributed by atoms with E-state index in [4.69, 9.17) is 12.2 Å². The van der Waals surface area contributed by atoms with Gasteiger partial charge in [-0.15, -0.1) is 0 Å². The van der Waals surface area contributed by atoms with Crippen molar-refractivity contribution < 1.29 is 0 Å². The standard InChI is InChI=1S/C22H36N2S/c1-5-7-8-17-9-13-19(14-10-17)23-21(25)24-20-15-11-18(12-16-20)22(3,4)6-2/h9-10,13-14,18,20H,5-8,11-12,15-16H2,1-4H3,(H2,23,24,25). The zero-order valence-corrected chi connectivity index (χ0v) is 17.3. The Morgan fingerprint density at radius 3 is 2.28 bits per heavy atom. The van der Waals surface area contributed by atoms with Crippen LogP contribution in [0.25, 0.3) is 0 Å². The Balaban J connectivity index is 1.76. The molecule has 140 valence electrons. The van der Waals surface area contributed by atoms with Gasteiger partial charge in [0.15, 0.2) is 5.11 Å². The molecular formula is C22H36N2S. The summed E-state index contributed by atoms with van der Waals surface area (Å²) in [6, 6.07) is 9.21. The number of aryl methyl sites for hydroxylation is 1. The number of unbranched alkanes of at least 4 members (excludes halogenated alkanes) is 1. The average molecular weight is 361 g/mol. The van der Waals surface area contributed by atoms with Gasteiger partial charge >= 0.3 is 0 Å². The predicted octanol–water partition coefficient (Wildman–Crippen LogP) is 6.31. The fourth-order valence-corrected chi connectivity index (χ4v) is 4.08. The first-order valence-corrected chi connectivity index (χ1v) is 10.5. The summed E-state index contributed by atoms with van der Waals surface area (Å²) in [5.41, 5.74) is 2.96. The highest BCUT2D eigenvalue weighted by Crippen LogP contribution is 2.40. The van der Waals surface area contributed by atoms with Crippen LogP contribution in [0.1, 0.15) is 78.2 Å². The number of thiocarbonyl (C=S) groups is 1. The lowest BCUT2D eigenvalue weighted by atomic mass is 9.69. The molecule has 1 fully saturated rings. The van der Waals surface area contributed by atoms with E-state index in [1.165, 1.54) is 50.5 Å². The molecule has 0 unspecified atom stereocenters. The molecule has 1 saturated carbocycles. The topological polar surface area (TPSA) is 24.1 Å². The molecule has 0 aromatic heterocycles. The predicted molar refractivity (Wildman–Crippen MR) is 114 cm³/mol. The van der Waals surface area contributed by atoms with Gasteiger partial charge in [-0.3, -0.25) is 0 Å². The second-order valence-corrected chi connectivity index (χ2v) is 8.70. The minimum Gasteiger partial charge on any atom is -0.360 e. The van der Waals surface area contributed by atoms with E-state index in [1.807, 2.05) is 0 Å². The maximum Gasteiger partial charge on any atom is 0.170 e. The highest BCUT2D eigenvalue weighted by molar-refractivity contribution is 7.80. The van der Waals surface area contributed by atoms with Crippen LogP contribution in [-0.2, 0) is 6.42 Å². The van der Waals surface area contributed by atoms with Crippen LogP contribution in [0, 0.1) is 11.3 Å². The van der Waals surface area contributed by atoms with Gasteiger partial charge in [-0.1, -0.05) is 52.7 Å². The fourth-order valence-electron chi connectivity index (χ4n) is 3.80. The Bertz CT molecular complexity index is 527. The van der Waals surface area contributed by atoms with Crippen molar-refractivity contribution in [1.82, 2.24) is 5.32 Å². The van der Waals surface area contributed by atoms with Crippen LogP contribution in [0.5, 0.6) is 0 Å². The van der Waals surface area contributed by atoms with Crippen LogP contribution in [0.15, 0.2) is 24.3 Å². The normalized spacial score (nSPS) is 21.0. The third kappa shape index (κ3) is 6.29. The molecule has 25 heavy (non-hydrogen) atoms. The number of rotatable bonds is 7. The van der Waals surface area contributed by atoms with Crippen LogP contribution in [0.2, 0.25) is 0 Å². The lowest BCUT2D eigenvalue weighted by Gasteiger charge is -2.39. The van der Waals surface area contributed by atoms with Crippen LogP contribution in [-0.4, -0.2) is 11.2 Å². The Morgan fingerprint density at radius 1 is 1.08 bits per heavy atom. The maximum atomic E-state index is 5.52. The first-order chi connectivity index (χ1) is 11.9. The Hall–Kier alpha value is -1.09. The van der Waals surface area contributed by atoms with E-state index < -0.39 is 0 Å². The summed E-state index contributed by atoms with van der Waals surface area (Å²) >= 11 is 5.52. The molecular weight excluding hydrogens is 324 g/mol. The smallest absolute Gasteiger partial charge is 0.170 e. The first-order valence-electron chi connectivity index (χ1n) is 10.1. The third-order valence-electron chi connectivity index (χ3n) is 6.11. The van der Waals surface area contributed by atoms with Crippen molar-refractivity contribution >= 4 is 23.0 Å². The van der Waals surface area contributed by atoms with Gasteiger partial charge in [-0.2, -0.15) is 0 Å². The van der Waals surface area contributed by atoms with Gasteiger partial charge < -0.3 is 10.6 Å². The molecule has 1 aromatic rings. The van der Waals surface area contributed by atoms with E-state index in [-0.39, 0.29) is 0 Å². The summed E-state index contributed by atoms with van der Waals surface area (Å²) in [5.74, 6) is 0.854. The van der Waals surface area contributed by atoms with Gasteiger partial charge in [0.05, 0.1) is 0 Å². The molecule has 0 aliphatic heterocycles. The van der Waals surface area contributed by atoms with Gasteiger partial charge in [0.2, 0.25) is 0 Å². The molecule has 3 heteroatoms. The van der Waals surface area contributed by atoms with E-state index in [9.17, 15) is 0 Å². The molecule has 0 heterocycles. The molecule has 2 rings (SSSR count). The monoisotopic (exact) mass is 360 g/mol. The zero-order valence-electron chi connectivity index (χ0n) is 16.5. The molecule has 0 spiro atoms. The summed E-state index contributed by atoms with van der Waals surface area (Å²) < 4.78 is 0. The highest BCUT2D eigenvalue weighted by Gasteiger charge is 2.31. The Morgan fingerprint density at radius 2 is 1.72 bits per heavy atom. The molecule has 0 radical (unpaired) electrons. The van der Waals surface area contributed by atoms with Crippen LogP contribution in [0.3, 0.4) is 0 Å². The quantitative estimate of drug-likeness (QED) is 0.557. The number of benzene rings is 1. The van der Waals surface area contributed by atoms with Crippen LogP contribution >= 0.6 is 12.2 Å². The Kier molecular flexibility index (Phi) is 7.74. The maximum absolute atomic E-state index is 5.52. The molecule has 0 atom stereocenters. The summed E-state index contributed by atoms with van der Waals surface area (Å²) in [7, 11) is 0. The number of nitrogens with one attached hydrogen (secondary N) is 2. The van der Waals surface area contributed by atoms with E-state index in [0.29, 0.717) is 11.5 Å². The molecule has 0 amide bonds. The van der Waals surface area contributed by atoms with Crippen LogP contribution < -0.4 is 10.6 Å². The lowest BCUT2D eigenvalue weighted by Crippen LogP contribution is -2.41. The van der Waals surface area contributed by atoms with Crippen molar-refractivity contribution in [3.63, 3.8) is 0 Å². The van der Waals surface area contributed by atoms with E-state index in [0.717, 1.165) is 23.1 Å². The molecule has 0 saturated heterocycles. The van der Waals surface area contributed by atoms with Gasteiger partial charge in [0.25, 0.3) is 0 Å². The summed E-state index contributed by atoms with van der Waals surface area (Å²) in [6.45, 7) is 9.39. The largest absolute Gasteiger partial charge is 0.360 e. The summed E-state index contributed by atoms with van der Waals surface area (Å²) in [4.78, 5) is 0. The molecule has 1 aliphatic carbocycles. The molecule has 1 aromatic carbocycles. The summed E-state index contributed by atoms with van der Waals surface area (Å²) in [5, 5.41) is 7.64. The van der Waals surface area contributed by atoms with Crippen LogP contribution in [0.4, 0.5) is 5.69 Å². The van der Waals surface area contributed by atoms with Gasteiger partial charge in [0, 0.05) is 11.7 Å². The van der Waals surface area contributed by atoms with Crippen molar-refractivity contribution in [1.29, 1.82) is 0 Å². The number of anilines is 1. The second-order valence-electron chi connectivity index (χ2n) is 8.29.